The van der Waals surface area contributed by atoms with E-state index in [9.17, 15) is 0 Å². The summed E-state index contributed by atoms with van der Waals surface area (Å²) in [7, 11) is 2.05. The van der Waals surface area contributed by atoms with Gasteiger partial charge in [0.05, 0.1) is 17.8 Å². The lowest BCUT2D eigenvalue weighted by molar-refractivity contribution is 0.313. The summed E-state index contributed by atoms with van der Waals surface area (Å²) in [6.45, 7) is 3.19. The fourth-order valence-electron chi connectivity index (χ4n) is 3.04. The highest BCUT2D eigenvalue weighted by atomic mass is 32.1. The zero-order valence-electron chi connectivity index (χ0n) is 13.1. The molecule has 1 saturated heterocycles. The first kappa shape index (κ1) is 15.0. The molecule has 0 spiro atoms. The SMILES string of the molecule is CCCCN1C(=S)N[C@@H](c2ccccn2)[C@H]1c1ccn(C)c1. The molecule has 0 aromatic carbocycles. The number of pyridine rings is 1. The number of hydrogen-bond acceptors (Lipinski definition) is 2. The van der Waals surface area contributed by atoms with Gasteiger partial charge in [0.15, 0.2) is 5.11 Å². The molecular formula is C17H22N4S. The van der Waals surface area contributed by atoms with Crippen LogP contribution in [0.25, 0.3) is 0 Å². The van der Waals surface area contributed by atoms with Crippen molar-refractivity contribution in [3.05, 3.63) is 54.1 Å². The minimum Gasteiger partial charge on any atom is -0.357 e. The fourth-order valence-corrected chi connectivity index (χ4v) is 3.37. The molecule has 1 N–H and O–H groups in total. The number of unbranched alkanes of at least 4 members (excludes halogenated alkanes) is 1. The van der Waals surface area contributed by atoms with E-state index in [-0.39, 0.29) is 12.1 Å². The third kappa shape index (κ3) is 2.86. The molecule has 5 heteroatoms. The Morgan fingerprint density at radius 1 is 1.32 bits per heavy atom. The summed E-state index contributed by atoms with van der Waals surface area (Å²) in [6, 6.07) is 8.53. The zero-order valence-corrected chi connectivity index (χ0v) is 13.9. The van der Waals surface area contributed by atoms with Crippen LogP contribution in [0.5, 0.6) is 0 Å². The van der Waals surface area contributed by atoms with Crippen molar-refractivity contribution >= 4 is 17.3 Å². The molecule has 1 aliphatic heterocycles. The maximum Gasteiger partial charge on any atom is 0.170 e. The Bertz CT molecular complexity index is 637. The van der Waals surface area contributed by atoms with Crippen molar-refractivity contribution in [3.63, 3.8) is 0 Å². The van der Waals surface area contributed by atoms with Crippen molar-refractivity contribution < 1.29 is 0 Å². The van der Waals surface area contributed by atoms with Crippen molar-refractivity contribution in [2.45, 2.75) is 31.8 Å². The molecule has 22 heavy (non-hydrogen) atoms. The molecule has 0 bridgehead atoms. The third-order valence-electron chi connectivity index (χ3n) is 4.15. The average molecular weight is 314 g/mol. The molecule has 0 amide bonds. The molecule has 4 nitrogen and oxygen atoms in total. The molecule has 2 aromatic rings. The second-order valence-electron chi connectivity index (χ2n) is 5.78. The number of thiocarbonyl (C=S) groups is 1. The van der Waals surface area contributed by atoms with Crippen LogP contribution in [0.4, 0.5) is 0 Å². The Labute approximate surface area is 137 Å². The van der Waals surface area contributed by atoms with Gasteiger partial charge in [-0.1, -0.05) is 19.4 Å². The van der Waals surface area contributed by atoms with E-state index in [0.29, 0.717) is 0 Å². The summed E-state index contributed by atoms with van der Waals surface area (Å²) < 4.78 is 2.09. The highest BCUT2D eigenvalue weighted by Gasteiger charge is 2.39. The molecule has 0 unspecified atom stereocenters. The van der Waals surface area contributed by atoms with E-state index in [4.69, 9.17) is 12.2 Å². The van der Waals surface area contributed by atoms with Gasteiger partial charge in [0.25, 0.3) is 0 Å². The van der Waals surface area contributed by atoms with Crippen LogP contribution in [0.2, 0.25) is 0 Å². The van der Waals surface area contributed by atoms with E-state index in [0.717, 1.165) is 30.2 Å². The normalized spacial score (nSPS) is 21.2. The van der Waals surface area contributed by atoms with Crippen molar-refractivity contribution in [2.24, 2.45) is 7.05 Å². The molecule has 2 aromatic heterocycles. The predicted molar refractivity (Wildman–Crippen MR) is 92.5 cm³/mol. The van der Waals surface area contributed by atoms with Crippen molar-refractivity contribution in [2.75, 3.05) is 6.54 Å². The van der Waals surface area contributed by atoms with Crippen LogP contribution >= 0.6 is 12.2 Å². The molecule has 116 valence electrons. The summed E-state index contributed by atoms with van der Waals surface area (Å²) in [5.41, 5.74) is 2.32. The number of rotatable bonds is 5. The largest absolute Gasteiger partial charge is 0.357 e. The van der Waals surface area contributed by atoms with Crippen molar-refractivity contribution in [3.8, 4) is 0 Å². The Morgan fingerprint density at radius 3 is 2.82 bits per heavy atom. The van der Waals surface area contributed by atoms with E-state index >= 15 is 0 Å². The van der Waals surface area contributed by atoms with E-state index < -0.39 is 0 Å². The van der Waals surface area contributed by atoms with Gasteiger partial charge in [-0.15, -0.1) is 0 Å². The Balaban J connectivity index is 1.96. The minimum atomic E-state index is 0.105. The summed E-state index contributed by atoms with van der Waals surface area (Å²) in [5.74, 6) is 0. The Morgan fingerprint density at radius 2 is 2.18 bits per heavy atom. The van der Waals surface area contributed by atoms with Crippen LogP contribution in [-0.2, 0) is 7.05 Å². The molecule has 0 radical (unpaired) electrons. The number of hydrogen-bond donors (Lipinski definition) is 1. The summed E-state index contributed by atoms with van der Waals surface area (Å²) in [4.78, 5) is 6.85. The number of aromatic nitrogens is 2. The van der Waals surface area contributed by atoms with E-state index in [1.165, 1.54) is 5.56 Å². The highest BCUT2D eigenvalue weighted by Crippen LogP contribution is 2.38. The lowest BCUT2D eigenvalue weighted by Gasteiger charge is -2.27. The fraction of sp³-hybridized carbons (Fsp3) is 0.412. The summed E-state index contributed by atoms with van der Waals surface area (Å²) in [6.07, 6.45) is 8.41. The van der Waals surface area contributed by atoms with Gasteiger partial charge in [0.1, 0.15) is 0 Å². The molecule has 1 fully saturated rings. The quantitative estimate of drug-likeness (QED) is 0.859. The van der Waals surface area contributed by atoms with E-state index in [1.807, 2.05) is 18.3 Å². The van der Waals surface area contributed by atoms with Crippen LogP contribution in [0.3, 0.4) is 0 Å². The lowest BCUT2D eigenvalue weighted by Crippen LogP contribution is -2.30. The number of nitrogens with zero attached hydrogens (tertiary/aromatic N) is 3. The number of aryl methyl sites for hydroxylation is 1. The maximum absolute atomic E-state index is 5.59. The third-order valence-corrected chi connectivity index (χ3v) is 4.50. The van der Waals surface area contributed by atoms with Gasteiger partial charge in [-0.2, -0.15) is 0 Å². The van der Waals surface area contributed by atoms with Gasteiger partial charge in [0, 0.05) is 32.2 Å². The molecule has 1 aliphatic rings. The minimum absolute atomic E-state index is 0.105. The molecule has 3 rings (SSSR count). The van der Waals surface area contributed by atoms with Crippen LogP contribution in [-0.4, -0.2) is 26.1 Å². The van der Waals surface area contributed by atoms with Crippen LogP contribution in [0.1, 0.15) is 43.1 Å². The van der Waals surface area contributed by atoms with Gasteiger partial charge in [-0.3, -0.25) is 4.98 Å². The van der Waals surface area contributed by atoms with Crippen LogP contribution in [0.15, 0.2) is 42.9 Å². The Kier molecular flexibility index (Phi) is 4.43. The summed E-state index contributed by atoms with van der Waals surface area (Å²) >= 11 is 5.59. The average Bonchev–Trinajstić information content (AvgIpc) is 3.09. The first-order chi connectivity index (χ1) is 10.7. The van der Waals surface area contributed by atoms with Crippen molar-refractivity contribution in [1.29, 1.82) is 0 Å². The van der Waals surface area contributed by atoms with Gasteiger partial charge in [-0.05, 0) is 42.4 Å². The topological polar surface area (TPSA) is 33.1 Å². The molecule has 2 atom stereocenters. The van der Waals surface area contributed by atoms with Crippen molar-refractivity contribution in [1.82, 2.24) is 19.8 Å². The second-order valence-corrected chi connectivity index (χ2v) is 6.17. The zero-order chi connectivity index (χ0) is 15.5. The smallest absolute Gasteiger partial charge is 0.170 e. The highest BCUT2D eigenvalue weighted by molar-refractivity contribution is 7.80. The first-order valence-corrected chi connectivity index (χ1v) is 8.21. The number of nitrogens with one attached hydrogen (secondary N) is 1. The van der Waals surface area contributed by atoms with Crippen LogP contribution in [0, 0.1) is 0 Å². The van der Waals surface area contributed by atoms with E-state index in [1.54, 1.807) is 0 Å². The molecule has 0 aliphatic carbocycles. The van der Waals surface area contributed by atoms with E-state index in [2.05, 4.69) is 58.3 Å². The molecule has 3 heterocycles. The predicted octanol–water partition coefficient (Wildman–Crippen LogP) is 3.19. The molecular weight excluding hydrogens is 292 g/mol. The van der Waals surface area contributed by atoms with Gasteiger partial charge < -0.3 is 14.8 Å². The van der Waals surface area contributed by atoms with Crippen LogP contribution < -0.4 is 5.32 Å². The molecule has 0 saturated carbocycles. The standard InChI is InChI=1S/C17H22N4S/c1-3-4-10-21-16(13-8-11-20(2)12-13)15(19-17(21)22)14-7-5-6-9-18-14/h5-9,11-12,15-16H,3-4,10H2,1-2H3,(H,19,22)/t15-,16+/m0/s1. The second kappa shape index (κ2) is 6.48. The monoisotopic (exact) mass is 314 g/mol. The Hall–Kier alpha value is -1.88. The maximum atomic E-state index is 5.59. The first-order valence-electron chi connectivity index (χ1n) is 7.80. The van der Waals surface area contributed by atoms with Gasteiger partial charge in [0.2, 0.25) is 0 Å². The van der Waals surface area contributed by atoms with Gasteiger partial charge >= 0.3 is 0 Å². The summed E-state index contributed by atoms with van der Waals surface area (Å²) in [5, 5.41) is 4.30. The lowest BCUT2D eigenvalue weighted by atomic mass is 9.99. The van der Waals surface area contributed by atoms with Gasteiger partial charge in [-0.25, -0.2) is 0 Å².